The van der Waals surface area contributed by atoms with Crippen molar-refractivity contribution in [2.45, 2.75) is 57.4 Å². The zero-order valence-corrected chi connectivity index (χ0v) is 33.3. The summed E-state index contributed by atoms with van der Waals surface area (Å²) in [5, 5.41) is 13.3. The maximum absolute atomic E-state index is 13.2. The van der Waals surface area contributed by atoms with Crippen LogP contribution in [0.5, 0.6) is 5.75 Å². The molecule has 3 saturated heterocycles. The predicted molar refractivity (Wildman–Crippen MR) is 224 cm³/mol. The molecule has 3 fully saturated rings. The second-order valence-electron chi connectivity index (χ2n) is 16.7. The maximum atomic E-state index is 13.2. The number of nitriles is 1. The van der Waals surface area contributed by atoms with E-state index < -0.39 is 0 Å². The van der Waals surface area contributed by atoms with Gasteiger partial charge in [-0.15, -0.1) is 0 Å². The summed E-state index contributed by atoms with van der Waals surface area (Å²) in [6, 6.07) is 21.0. The van der Waals surface area contributed by atoms with Gasteiger partial charge in [0.2, 0.25) is 11.8 Å². The molecule has 57 heavy (non-hydrogen) atoms. The highest BCUT2D eigenvalue weighted by atomic mass is 16.5. The van der Waals surface area contributed by atoms with Crippen molar-refractivity contribution in [2.24, 2.45) is 13.0 Å². The van der Waals surface area contributed by atoms with Crippen molar-refractivity contribution < 1.29 is 14.3 Å². The number of benzene rings is 3. The second-order valence-corrected chi connectivity index (χ2v) is 16.7. The lowest BCUT2D eigenvalue weighted by Crippen LogP contribution is -2.54. The van der Waals surface area contributed by atoms with Gasteiger partial charge >= 0.3 is 0 Å². The lowest BCUT2D eigenvalue weighted by Gasteiger charge is -2.40. The molecule has 9 rings (SSSR count). The summed E-state index contributed by atoms with van der Waals surface area (Å²) < 4.78 is 7.91. The Kier molecular flexibility index (Phi) is 9.81. The van der Waals surface area contributed by atoms with Crippen LogP contribution in [-0.2, 0) is 16.6 Å². The molecule has 2 amide bonds. The predicted octanol–water partition coefficient (Wildman–Crippen LogP) is 5.41. The minimum absolute atomic E-state index is 0.0355. The number of aryl methyl sites for hydroxylation is 2. The van der Waals surface area contributed by atoms with E-state index in [2.05, 4.69) is 79.3 Å². The van der Waals surface area contributed by atoms with Crippen LogP contribution in [0.15, 0.2) is 59.4 Å². The van der Waals surface area contributed by atoms with Gasteiger partial charge in [-0.25, -0.2) is 0 Å². The summed E-state index contributed by atoms with van der Waals surface area (Å²) in [5.41, 5.74) is 8.99. The number of amides is 2. The van der Waals surface area contributed by atoms with Gasteiger partial charge in [0.05, 0.1) is 46.4 Å². The van der Waals surface area contributed by atoms with Gasteiger partial charge in [-0.3, -0.25) is 19.7 Å². The summed E-state index contributed by atoms with van der Waals surface area (Å²) in [5.74, 6) is 1.45. The van der Waals surface area contributed by atoms with Crippen molar-refractivity contribution in [2.75, 3.05) is 85.6 Å². The number of nitrogens with one attached hydrogen (secondary N) is 1. The maximum Gasteiger partial charge on any atom is 0.253 e. The highest BCUT2D eigenvalue weighted by Crippen LogP contribution is 2.43. The first-order valence-corrected chi connectivity index (χ1v) is 20.7. The molecule has 0 spiro atoms. The summed E-state index contributed by atoms with van der Waals surface area (Å²) >= 11 is 0. The highest BCUT2D eigenvalue weighted by molar-refractivity contribution is 6.02. The number of imide groups is 1. The quantitative estimate of drug-likeness (QED) is 0.256. The fourth-order valence-corrected chi connectivity index (χ4v) is 9.97. The molecule has 1 unspecified atom stereocenters. The van der Waals surface area contributed by atoms with E-state index in [0.29, 0.717) is 43.4 Å². The van der Waals surface area contributed by atoms with Crippen molar-refractivity contribution >= 4 is 51.2 Å². The van der Waals surface area contributed by atoms with Crippen LogP contribution < -0.4 is 35.2 Å². The van der Waals surface area contributed by atoms with Crippen LogP contribution in [0.2, 0.25) is 0 Å². The van der Waals surface area contributed by atoms with Gasteiger partial charge in [-0.05, 0) is 118 Å². The van der Waals surface area contributed by atoms with Crippen LogP contribution in [0.3, 0.4) is 0 Å². The average molecular weight is 769 g/mol. The molecule has 1 N–H and O–H groups in total. The van der Waals surface area contributed by atoms with Crippen molar-refractivity contribution in [1.29, 1.82) is 5.26 Å². The Bertz CT molecular complexity index is 2330. The molecule has 0 bridgehead atoms. The normalized spacial score (nSPS) is 20.9. The molecule has 1 atom stereocenters. The van der Waals surface area contributed by atoms with Gasteiger partial charge < -0.3 is 33.8 Å². The number of likely N-dealkylation sites (tertiary alicyclic amines) is 1. The molecule has 296 valence electrons. The molecule has 12 heteroatoms. The number of carbonyl (C=O) groups excluding carboxylic acids is 2. The molecular weight excluding hydrogens is 717 g/mol. The minimum atomic E-state index is -0.346. The third kappa shape index (κ3) is 6.96. The molecule has 0 saturated carbocycles. The van der Waals surface area contributed by atoms with Gasteiger partial charge in [0.15, 0.2) is 0 Å². The fourth-order valence-electron chi connectivity index (χ4n) is 9.97. The van der Waals surface area contributed by atoms with Gasteiger partial charge in [0.25, 0.3) is 5.56 Å². The molecule has 4 aromatic rings. The van der Waals surface area contributed by atoms with Gasteiger partial charge in [-0.1, -0.05) is 0 Å². The van der Waals surface area contributed by atoms with Gasteiger partial charge in [-0.2, -0.15) is 5.26 Å². The highest BCUT2D eigenvalue weighted by Gasteiger charge is 2.35. The molecule has 3 aromatic carbocycles. The third-order valence-electron chi connectivity index (χ3n) is 13.3. The Morgan fingerprint density at radius 1 is 0.807 bits per heavy atom. The Morgan fingerprint density at radius 2 is 1.60 bits per heavy atom. The van der Waals surface area contributed by atoms with Crippen LogP contribution >= 0.6 is 0 Å². The SMILES string of the molecule is Cc1cc2c(N3CCN(C)c4ccc(C#N)cc43)cc(C3CCN(CC4CCN(c5ccc6c(c5)OCCN6C5CCC(=O)NC5=O)CC4)CC3)cc2n(C)c1=O. The Hall–Kier alpha value is -5.54. The minimum Gasteiger partial charge on any atom is -0.489 e. The summed E-state index contributed by atoms with van der Waals surface area (Å²) in [7, 11) is 4.00. The van der Waals surface area contributed by atoms with Crippen LogP contribution in [0, 0.1) is 24.2 Å². The van der Waals surface area contributed by atoms with E-state index in [-0.39, 0.29) is 23.4 Å². The average Bonchev–Trinajstić information content (AvgIpc) is 3.23. The summed E-state index contributed by atoms with van der Waals surface area (Å²) in [4.78, 5) is 49.4. The molecular formula is C45H52N8O4. The van der Waals surface area contributed by atoms with Crippen molar-refractivity contribution in [1.82, 2.24) is 14.8 Å². The number of hydrogen-bond acceptors (Lipinski definition) is 10. The fraction of sp³-hybridized carbons (Fsp3) is 0.467. The van der Waals surface area contributed by atoms with Crippen LogP contribution in [-0.4, -0.2) is 93.3 Å². The summed E-state index contributed by atoms with van der Waals surface area (Å²) in [6.45, 7) is 9.92. The third-order valence-corrected chi connectivity index (χ3v) is 13.3. The van der Waals surface area contributed by atoms with E-state index in [1.165, 1.54) is 5.56 Å². The largest absolute Gasteiger partial charge is 0.489 e. The smallest absolute Gasteiger partial charge is 0.253 e. The number of hydrogen-bond donors (Lipinski definition) is 1. The lowest BCUT2D eigenvalue weighted by molar-refractivity contribution is -0.134. The number of nitrogens with zero attached hydrogens (tertiary/aromatic N) is 7. The zero-order chi connectivity index (χ0) is 39.4. The number of aromatic nitrogens is 1. The van der Waals surface area contributed by atoms with E-state index in [4.69, 9.17) is 4.74 Å². The number of rotatable bonds is 6. The molecule has 12 nitrogen and oxygen atoms in total. The van der Waals surface area contributed by atoms with E-state index in [0.717, 1.165) is 122 Å². The number of piperidine rings is 3. The Balaban J connectivity index is 0.861. The molecule has 1 aromatic heterocycles. The number of carbonyl (C=O) groups is 2. The molecule has 0 radical (unpaired) electrons. The molecule has 6 heterocycles. The topological polar surface area (TPSA) is 117 Å². The van der Waals surface area contributed by atoms with E-state index in [1.54, 1.807) is 0 Å². The van der Waals surface area contributed by atoms with Crippen LogP contribution in [0.1, 0.15) is 61.1 Å². The standard InChI is InChI=1S/C45H52N8O4/c1-29-22-35-39(49(3)45(29)56)24-33(25-40(35)52-19-18-48(2)36-6-4-31(27-46)23-41(36)52)32-12-14-50(15-13-32)28-30-10-16-51(17-11-30)34-5-7-37-42(26-34)57-21-20-53(37)38-8-9-43(54)47-44(38)55/h4-7,22-26,30,32,38H,8-21,28H2,1-3H3,(H,47,54,55). The molecule has 0 aliphatic carbocycles. The lowest BCUT2D eigenvalue weighted by atomic mass is 9.87. The monoisotopic (exact) mass is 768 g/mol. The van der Waals surface area contributed by atoms with E-state index >= 15 is 0 Å². The first kappa shape index (κ1) is 37.1. The zero-order valence-electron chi connectivity index (χ0n) is 33.3. The number of ether oxygens (including phenoxy) is 1. The first-order valence-electron chi connectivity index (χ1n) is 20.7. The van der Waals surface area contributed by atoms with Crippen LogP contribution in [0.25, 0.3) is 10.9 Å². The van der Waals surface area contributed by atoms with E-state index in [1.807, 2.05) is 36.7 Å². The number of anilines is 5. The first-order chi connectivity index (χ1) is 27.6. The van der Waals surface area contributed by atoms with Crippen molar-refractivity contribution in [3.8, 4) is 11.8 Å². The van der Waals surface area contributed by atoms with Crippen molar-refractivity contribution in [3.63, 3.8) is 0 Å². The molecule has 5 aliphatic heterocycles. The van der Waals surface area contributed by atoms with Crippen molar-refractivity contribution in [3.05, 3.63) is 81.6 Å². The summed E-state index contributed by atoms with van der Waals surface area (Å²) in [6.07, 6.45) is 5.32. The van der Waals surface area contributed by atoms with Gasteiger partial charge in [0, 0.05) is 75.9 Å². The molecule has 5 aliphatic rings. The number of fused-ring (bicyclic) bond motifs is 3. The number of likely N-dealkylation sites (N-methyl/N-ethyl adjacent to an activating group) is 1. The van der Waals surface area contributed by atoms with E-state index in [9.17, 15) is 19.6 Å². The Labute approximate surface area is 334 Å². The van der Waals surface area contributed by atoms with Crippen LogP contribution in [0.4, 0.5) is 28.4 Å². The number of pyridine rings is 1. The Morgan fingerprint density at radius 3 is 2.37 bits per heavy atom. The van der Waals surface area contributed by atoms with Gasteiger partial charge in [0.1, 0.15) is 18.4 Å². The second kappa shape index (κ2) is 15.1.